The van der Waals surface area contributed by atoms with Crippen LogP contribution in [0.1, 0.15) is 47.5 Å². The Labute approximate surface area is 125 Å². The van der Waals surface area contributed by atoms with Crippen molar-refractivity contribution in [1.29, 1.82) is 0 Å². The molecule has 0 aliphatic heterocycles. The Hall–Kier alpha value is -1.81. The number of halogens is 1. The van der Waals surface area contributed by atoms with Gasteiger partial charge in [-0.05, 0) is 68.6 Å². The zero-order valence-corrected chi connectivity index (χ0v) is 13.1. The molecule has 0 saturated heterocycles. The molecular formula is C17H22FN3. The number of nitrogens with zero attached hydrogens (tertiary/aromatic N) is 2. The van der Waals surface area contributed by atoms with Gasteiger partial charge in [0.05, 0.1) is 17.4 Å². The van der Waals surface area contributed by atoms with Crippen molar-refractivity contribution in [2.24, 2.45) is 0 Å². The van der Waals surface area contributed by atoms with Gasteiger partial charge < -0.3 is 5.32 Å². The smallest absolute Gasteiger partial charge is 0.123 e. The van der Waals surface area contributed by atoms with E-state index in [-0.39, 0.29) is 11.9 Å². The number of nitrogens with one attached hydrogen (secondary N) is 1. The van der Waals surface area contributed by atoms with Gasteiger partial charge >= 0.3 is 0 Å². The van der Waals surface area contributed by atoms with Crippen molar-refractivity contribution in [1.82, 2.24) is 15.5 Å². The van der Waals surface area contributed by atoms with E-state index in [9.17, 15) is 4.39 Å². The van der Waals surface area contributed by atoms with E-state index in [0.717, 1.165) is 41.0 Å². The predicted octanol–water partition coefficient (Wildman–Crippen LogP) is 3.63. The number of benzene rings is 1. The maximum Gasteiger partial charge on any atom is 0.123 e. The Bertz CT molecular complexity index is 625. The zero-order chi connectivity index (χ0) is 15.4. The van der Waals surface area contributed by atoms with E-state index in [1.54, 1.807) is 6.07 Å². The standard InChI is InChI=1S/C17H22FN3/c1-5-8-19-17(15-7-6-14(18)9-11(15)2)16-10-12(3)20-21-13(16)4/h6-7,9-10,17,19H,5,8H2,1-4H3. The third kappa shape index (κ3) is 3.64. The van der Waals surface area contributed by atoms with Crippen LogP contribution in [0.25, 0.3) is 0 Å². The van der Waals surface area contributed by atoms with Crippen molar-refractivity contribution in [3.05, 3.63) is 58.2 Å². The molecule has 0 spiro atoms. The summed E-state index contributed by atoms with van der Waals surface area (Å²) in [5.74, 6) is -0.203. The SMILES string of the molecule is CCCNC(c1ccc(F)cc1C)c1cc(C)nnc1C. The molecule has 0 fully saturated rings. The lowest BCUT2D eigenvalue weighted by Gasteiger charge is -2.23. The molecule has 1 atom stereocenters. The van der Waals surface area contributed by atoms with Crippen LogP contribution < -0.4 is 5.32 Å². The number of hydrogen-bond donors (Lipinski definition) is 1. The summed E-state index contributed by atoms with van der Waals surface area (Å²) < 4.78 is 13.4. The lowest BCUT2D eigenvalue weighted by molar-refractivity contribution is 0.583. The second-order valence-corrected chi connectivity index (χ2v) is 5.41. The van der Waals surface area contributed by atoms with Gasteiger partial charge in [0.25, 0.3) is 0 Å². The quantitative estimate of drug-likeness (QED) is 0.912. The third-order valence-corrected chi connectivity index (χ3v) is 3.59. The normalized spacial score (nSPS) is 12.4. The maximum absolute atomic E-state index is 13.4. The monoisotopic (exact) mass is 287 g/mol. The Morgan fingerprint density at radius 3 is 2.52 bits per heavy atom. The van der Waals surface area contributed by atoms with E-state index in [1.165, 1.54) is 6.07 Å². The molecule has 3 nitrogen and oxygen atoms in total. The van der Waals surface area contributed by atoms with E-state index in [0.29, 0.717) is 0 Å². The fourth-order valence-corrected chi connectivity index (χ4v) is 2.50. The molecule has 4 heteroatoms. The van der Waals surface area contributed by atoms with Crippen molar-refractivity contribution >= 4 is 0 Å². The number of aryl methyl sites for hydroxylation is 3. The van der Waals surface area contributed by atoms with Gasteiger partial charge in [-0.3, -0.25) is 0 Å². The van der Waals surface area contributed by atoms with Gasteiger partial charge in [-0.25, -0.2) is 4.39 Å². The highest BCUT2D eigenvalue weighted by Crippen LogP contribution is 2.27. The minimum atomic E-state index is -0.203. The van der Waals surface area contributed by atoms with Crippen molar-refractivity contribution in [3.63, 3.8) is 0 Å². The van der Waals surface area contributed by atoms with Crippen LogP contribution in [0, 0.1) is 26.6 Å². The van der Waals surface area contributed by atoms with Crippen molar-refractivity contribution in [3.8, 4) is 0 Å². The molecule has 2 rings (SSSR count). The average Bonchev–Trinajstić information content (AvgIpc) is 2.44. The fourth-order valence-electron chi connectivity index (χ4n) is 2.50. The Morgan fingerprint density at radius 2 is 1.86 bits per heavy atom. The average molecular weight is 287 g/mol. The summed E-state index contributed by atoms with van der Waals surface area (Å²) in [4.78, 5) is 0. The van der Waals surface area contributed by atoms with Gasteiger partial charge in [-0.2, -0.15) is 10.2 Å². The molecule has 0 radical (unpaired) electrons. The molecule has 21 heavy (non-hydrogen) atoms. The Balaban J connectivity index is 2.49. The van der Waals surface area contributed by atoms with Crippen molar-refractivity contribution in [2.75, 3.05) is 6.54 Å². The predicted molar refractivity (Wildman–Crippen MR) is 82.8 cm³/mol. The number of aromatic nitrogens is 2. The van der Waals surface area contributed by atoms with Crippen LogP contribution in [-0.4, -0.2) is 16.7 Å². The highest BCUT2D eigenvalue weighted by molar-refractivity contribution is 5.38. The lowest BCUT2D eigenvalue weighted by atomic mass is 9.94. The highest BCUT2D eigenvalue weighted by atomic mass is 19.1. The van der Waals surface area contributed by atoms with Gasteiger partial charge in [0, 0.05) is 0 Å². The van der Waals surface area contributed by atoms with E-state index in [1.807, 2.05) is 26.8 Å². The van der Waals surface area contributed by atoms with E-state index < -0.39 is 0 Å². The zero-order valence-electron chi connectivity index (χ0n) is 13.1. The summed E-state index contributed by atoms with van der Waals surface area (Å²) in [6.07, 6.45) is 1.04. The van der Waals surface area contributed by atoms with Crippen LogP contribution in [0.3, 0.4) is 0 Å². The second kappa shape index (κ2) is 6.76. The highest BCUT2D eigenvalue weighted by Gasteiger charge is 2.19. The molecule has 1 unspecified atom stereocenters. The first-order valence-corrected chi connectivity index (χ1v) is 7.33. The summed E-state index contributed by atoms with van der Waals surface area (Å²) in [7, 11) is 0. The fraction of sp³-hybridized carbons (Fsp3) is 0.412. The minimum absolute atomic E-state index is 0.0137. The molecule has 0 amide bonds. The number of rotatable bonds is 5. The van der Waals surface area contributed by atoms with Gasteiger partial charge in [0.1, 0.15) is 5.82 Å². The van der Waals surface area contributed by atoms with Crippen LogP contribution >= 0.6 is 0 Å². The molecule has 0 aliphatic carbocycles. The van der Waals surface area contributed by atoms with Gasteiger partial charge in [0.2, 0.25) is 0 Å². The van der Waals surface area contributed by atoms with Gasteiger partial charge in [-0.15, -0.1) is 0 Å². The molecule has 2 aromatic rings. The maximum atomic E-state index is 13.4. The summed E-state index contributed by atoms with van der Waals surface area (Å²) in [5, 5.41) is 11.9. The van der Waals surface area contributed by atoms with Gasteiger partial charge in [-0.1, -0.05) is 13.0 Å². The molecule has 112 valence electrons. The van der Waals surface area contributed by atoms with Crippen LogP contribution in [0.5, 0.6) is 0 Å². The molecule has 1 N–H and O–H groups in total. The van der Waals surface area contributed by atoms with Gasteiger partial charge in [0.15, 0.2) is 0 Å². The van der Waals surface area contributed by atoms with Crippen LogP contribution in [0.2, 0.25) is 0 Å². The number of hydrogen-bond acceptors (Lipinski definition) is 3. The summed E-state index contributed by atoms with van der Waals surface area (Å²) >= 11 is 0. The molecule has 1 aromatic heterocycles. The molecule has 0 bridgehead atoms. The van der Waals surface area contributed by atoms with Crippen molar-refractivity contribution < 1.29 is 4.39 Å². The second-order valence-electron chi connectivity index (χ2n) is 5.41. The first kappa shape index (κ1) is 15.6. The van der Waals surface area contributed by atoms with Crippen LogP contribution in [0.15, 0.2) is 24.3 Å². The van der Waals surface area contributed by atoms with Crippen LogP contribution in [-0.2, 0) is 0 Å². The Morgan fingerprint density at radius 1 is 1.10 bits per heavy atom. The third-order valence-electron chi connectivity index (χ3n) is 3.59. The topological polar surface area (TPSA) is 37.8 Å². The summed E-state index contributed by atoms with van der Waals surface area (Å²) in [6, 6.07) is 7.01. The van der Waals surface area contributed by atoms with Crippen LogP contribution in [0.4, 0.5) is 4.39 Å². The van der Waals surface area contributed by atoms with Crippen molar-refractivity contribution in [2.45, 2.75) is 40.2 Å². The molecule has 1 aromatic carbocycles. The molecular weight excluding hydrogens is 265 g/mol. The van der Waals surface area contributed by atoms with E-state index in [2.05, 4.69) is 28.5 Å². The Kier molecular flexibility index (Phi) is 5.02. The first-order chi connectivity index (χ1) is 10.0. The summed E-state index contributed by atoms with van der Waals surface area (Å²) in [6.45, 7) is 8.86. The minimum Gasteiger partial charge on any atom is -0.306 e. The molecule has 1 heterocycles. The van der Waals surface area contributed by atoms with E-state index >= 15 is 0 Å². The largest absolute Gasteiger partial charge is 0.306 e. The lowest BCUT2D eigenvalue weighted by Crippen LogP contribution is -2.25. The summed E-state index contributed by atoms with van der Waals surface area (Å²) in [5.41, 5.74) is 4.92. The molecule has 0 saturated carbocycles. The van der Waals surface area contributed by atoms with E-state index in [4.69, 9.17) is 0 Å². The molecule has 0 aliphatic rings. The first-order valence-electron chi connectivity index (χ1n) is 7.33.